The van der Waals surface area contributed by atoms with Gasteiger partial charge in [-0.25, -0.2) is 0 Å². The number of allylic oxidation sites excluding steroid dienone is 12. The molecule has 0 aliphatic rings. The van der Waals surface area contributed by atoms with Crippen molar-refractivity contribution in [2.75, 3.05) is 13.2 Å². The maximum atomic E-state index is 12.9. The van der Waals surface area contributed by atoms with E-state index >= 15 is 0 Å². The first-order valence-corrected chi connectivity index (χ1v) is 33.9. The lowest BCUT2D eigenvalue weighted by molar-refractivity contribution is -0.167. The van der Waals surface area contributed by atoms with Gasteiger partial charge in [-0.1, -0.05) is 331 Å². The molecule has 6 heteroatoms. The van der Waals surface area contributed by atoms with Gasteiger partial charge in [-0.15, -0.1) is 0 Å². The summed E-state index contributed by atoms with van der Waals surface area (Å²) >= 11 is 0. The SMILES string of the molecule is CC/C=C\C/C=C\C/C=C\C/C=C\C/C=C\C/C=C\CCCCCCCCCCCCC(=O)OCC(COC(=O)CCCCCCCC)OC(=O)CCCCCCCCCCCCCCCCCCCCCCCCCCC. The van der Waals surface area contributed by atoms with Crippen molar-refractivity contribution in [3.63, 3.8) is 0 Å². The molecule has 0 saturated carbocycles. The van der Waals surface area contributed by atoms with E-state index in [9.17, 15) is 14.4 Å². The third kappa shape index (κ3) is 63.7. The summed E-state index contributed by atoms with van der Waals surface area (Å²) in [6.45, 7) is 6.51. The van der Waals surface area contributed by atoms with Crippen molar-refractivity contribution >= 4 is 17.9 Å². The molecule has 452 valence electrons. The van der Waals surface area contributed by atoms with Crippen molar-refractivity contribution in [2.45, 2.75) is 354 Å². The van der Waals surface area contributed by atoms with E-state index in [0.717, 1.165) is 96.3 Å². The highest BCUT2D eigenvalue weighted by Crippen LogP contribution is 2.18. The van der Waals surface area contributed by atoms with Crippen molar-refractivity contribution in [3.05, 3.63) is 72.9 Å². The summed E-state index contributed by atoms with van der Waals surface area (Å²) < 4.78 is 16.8. The van der Waals surface area contributed by atoms with Crippen molar-refractivity contribution in [1.82, 2.24) is 0 Å². The van der Waals surface area contributed by atoms with E-state index in [0.29, 0.717) is 19.3 Å². The van der Waals surface area contributed by atoms with Gasteiger partial charge in [0.05, 0.1) is 0 Å². The number of hydrogen-bond acceptors (Lipinski definition) is 6. The zero-order chi connectivity index (χ0) is 56.4. The molecule has 0 aromatic carbocycles. The Morgan fingerprint density at radius 2 is 0.500 bits per heavy atom. The van der Waals surface area contributed by atoms with Gasteiger partial charge < -0.3 is 14.2 Å². The van der Waals surface area contributed by atoms with Crippen LogP contribution in [0.25, 0.3) is 0 Å². The molecule has 0 bridgehead atoms. The Balaban J connectivity index is 4.04. The van der Waals surface area contributed by atoms with Gasteiger partial charge in [-0.3, -0.25) is 14.4 Å². The highest BCUT2D eigenvalue weighted by molar-refractivity contribution is 5.71. The lowest BCUT2D eigenvalue weighted by atomic mass is 10.0. The van der Waals surface area contributed by atoms with Gasteiger partial charge in [0.1, 0.15) is 13.2 Å². The molecule has 0 fully saturated rings. The Kier molecular flexibility index (Phi) is 63.7. The molecule has 0 amide bonds. The van der Waals surface area contributed by atoms with E-state index in [1.54, 1.807) is 0 Å². The molecule has 0 aliphatic carbocycles. The van der Waals surface area contributed by atoms with Crippen molar-refractivity contribution in [3.8, 4) is 0 Å². The van der Waals surface area contributed by atoms with Crippen LogP contribution in [-0.4, -0.2) is 37.2 Å². The number of unbranched alkanes of at least 4 members (excludes halogenated alkanes) is 39. The molecule has 0 aliphatic heterocycles. The molecule has 0 N–H and O–H groups in total. The Morgan fingerprint density at radius 1 is 0.269 bits per heavy atom. The van der Waals surface area contributed by atoms with Gasteiger partial charge in [-0.2, -0.15) is 0 Å². The van der Waals surface area contributed by atoms with Gasteiger partial charge in [0.15, 0.2) is 6.10 Å². The average Bonchev–Trinajstić information content (AvgIpc) is 3.44. The van der Waals surface area contributed by atoms with Crippen LogP contribution in [0.1, 0.15) is 348 Å². The number of hydrogen-bond donors (Lipinski definition) is 0. The molecule has 1 atom stereocenters. The summed E-state index contributed by atoms with van der Waals surface area (Å²) in [7, 11) is 0. The summed E-state index contributed by atoms with van der Waals surface area (Å²) in [5.41, 5.74) is 0. The zero-order valence-electron chi connectivity index (χ0n) is 51.9. The minimum absolute atomic E-state index is 0.0728. The van der Waals surface area contributed by atoms with E-state index in [2.05, 4.69) is 93.7 Å². The predicted octanol–water partition coefficient (Wildman–Crippen LogP) is 23.3. The van der Waals surface area contributed by atoms with Gasteiger partial charge in [-0.05, 0) is 70.6 Å². The molecule has 1 unspecified atom stereocenters. The van der Waals surface area contributed by atoms with Crippen LogP contribution in [0, 0.1) is 0 Å². The zero-order valence-corrected chi connectivity index (χ0v) is 51.9. The predicted molar refractivity (Wildman–Crippen MR) is 339 cm³/mol. The summed E-state index contributed by atoms with van der Waals surface area (Å²) in [5.74, 6) is -0.869. The van der Waals surface area contributed by atoms with Crippen molar-refractivity contribution in [1.29, 1.82) is 0 Å². The molecule has 6 nitrogen and oxygen atoms in total. The molecule has 0 aromatic rings. The highest BCUT2D eigenvalue weighted by atomic mass is 16.6. The van der Waals surface area contributed by atoms with Gasteiger partial charge in [0.25, 0.3) is 0 Å². The monoisotopic (exact) mass is 1090 g/mol. The number of esters is 3. The summed E-state index contributed by atoms with van der Waals surface area (Å²) in [4.78, 5) is 38.1. The molecule has 78 heavy (non-hydrogen) atoms. The summed E-state index contributed by atoms with van der Waals surface area (Å²) in [5, 5.41) is 0. The molecule has 0 rings (SSSR count). The van der Waals surface area contributed by atoms with Crippen LogP contribution in [-0.2, 0) is 28.6 Å². The third-order valence-corrected chi connectivity index (χ3v) is 15.0. The number of carbonyl (C=O) groups is 3. The molecule has 0 radical (unpaired) electrons. The Hall–Kier alpha value is -3.15. The number of carbonyl (C=O) groups excluding carboxylic acids is 3. The maximum Gasteiger partial charge on any atom is 0.306 e. The van der Waals surface area contributed by atoms with E-state index in [-0.39, 0.29) is 31.1 Å². The van der Waals surface area contributed by atoms with Crippen LogP contribution >= 0.6 is 0 Å². The highest BCUT2D eigenvalue weighted by Gasteiger charge is 2.19. The Bertz CT molecular complexity index is 1440. The minimum atomic E-state index is -0.772. The van der Waals surface area contributed by atoms with Gasteiger partial charge >= 0.3 is 17.9 Å². The van der Waals surface area contributed by atoms with Crippen LogP contribution < -0.4 is 0 Å². The average molecular weight is 1090 g/mol. The molecule has 0 spiro atoms. The van der Waals surface area contributed by atoms with Crippen LogP contribution in [0.3, 0.4) is 0 Å². The maximum absolute atomic E-state index is 12.9. The second-order valence-corrected chi connectivity index (χ2v) is 22.7. The first-order chi connectivity index (χ1) is 38.5. The van der Waals surface area contributed by atoms with Gasteiger partial charge in [0.2, 0.25) is 0 Å². The van der Waals surface area contributed by atoms with E-state index in [4.69, 9.17) is 14.2 Å². The van der Waals surface area contributed by atoms with Crippen LogP contribution in [0.2, 0.25) is 0 Å². The number of rotatable bonds is 62. The third-order valence-electron chi connectivity index (χ3n) is 15.0. The Morgan fingerprint density at radius 3 is 0.782 bits per heavy atom. The Labute approximate surface area is 484 Å². The topological polar surface area (TPSA) is 78.9 Å². The standard InChI is InChI=1S/C72H128O6/c1-4-7-10-13-16-18-20-22-24-26-28-30-32-34-35-36-37-39-40-42-44-46-48-50-52-54-56-59-62-65-71(74)77-68-69(67-76-70(73)64-61-58-15-12-9-6-3)78-72(75)66-63-60-57-55-53-51-49-47-45-43-41-38-33-31-29-27-25-23-21-19-17-14-11-8-5-2/h7,10,16,18,22,24,28,30,34-35,37,39,69H,4-6,8-9,11-15,17,19-21,23,25-27,29,31-33,36,38,40-68H2,1-3H3/b10-7-,18-16-,24-22-,30-28-,35-34-,39-37-. The first kappa shape index (κ1) is 74.8. The normalized spacial score (nSPS) is 12.5. The van der Waals surface area contributed by atoms with E-state index in [1.165, 1.54) is 212 Å². The lowest BCUT2D eigenvalue weighted by Gasteiger charge is -2.18. The van der Waals surface area contributed by atoms with Gasteiger partial charge in [0, 0.05) is 19.3 Å². The second kappa shape index (κ2) is 66.4. The molecule has 0 heterocycles. The van der Waals surface area contributed by atoms with E-state index in [1.807, 2.05) is 0 Å². The largest absolute Gasteiger partial charge is 0.462 e. The fourth-order valence-corrected chi connectivity index (χ4v) is 9.92. The quantitative estimate of drug-likeness (QED) is 0.0261. The molecular formula is C72H128O6. The van der Waals surface area contributed by atoms with Crippen molar-refractivity contribution < 1.29 is 28.6 Å². The fraction of sp³-hybridized carbons (Fsp3) is 0.792. The second-order valence-electron chi connectivity index (χ2n) is 22.7. The minimum Gasteiger partial charge on any atom is -0.462 e. The summed E-state index contributed by atoms with van der Waals surface area (Å²) in [6.07, 6.45) is 86.8. The molecule has 0 saturated heterocycles. The molecular weight excluding hydrogens is 961 g/mol. The van der Waals surface area contributed by atoms with Crippen LogP contribution in [0.5, 0.6) is 0 Å². The number of ether oxygens (including phenoxy) is 3. The smallest absolute Gasteiger partial charge is 0.306 e. The summed E-state index contributed by atoms with van der Waals surface area (Å²) in [6, 6.07) is 0. The fourth-order valence-electron chi connectivity index (χ4n) is 9.92. The van der Waals surface area contributed by atoms with E-state index < -0.39 is 6.10 Å². The lowest BCUT2D eigenvalue weighted by Crippen LogP contribution is -2.30. The van der Waals surface area contributed by atoms with Crippen LogP contribution in [0.15, 0.2) is 72.9 Å². The first-order valence-electron chi connectivity index (χ1n) is 33.9. The van der Waals surface area contributed by atoms with Crippen molar-refractivity contribution in [2.24, 2.45) is 0 Å². The van der Waals surface area contributed by atoms with Crippen LogP contribution in [0.4, 0.5) is 0 Å². The molecule has 0 aromatic heterocycles.